The number of benzene rings is 1. The summed E-state index contributed by atoms with van der Waals surface area (Å²) in [5.41, 5.74) is 0.0606. The number of aromatic nitrogens is 1. The second-order valence-electron chi connectivity index (χ2n) is 8.46. The van der Waals surface area contributed by atoms with Crippen LogP contribution in [-0.2, 0) is 14.8 Å². The zero-order valence-electron chi connectivity index (χ0n) is 19.9. The third kappa shape index (κ3) is 10.0. The van der Waals surface area contributed by atoms with Crippen molar-refractivity contribution in [2.24, 2.45) is 11.8 Å². The molecule has 0 amide bonds. The molecule has 36 heavy (non-hydrogen) atoms. The van der Waals surface area contributed by atoms with Crippen LogP contribution in [-0.4, -0.2) is 54.8 Å². The normalized spacial score (nSPS) is 11.6. The van der Waals surface area contributed by atoms with Gasteiger partial charge in [-0.25, -0.2) is 23.0 Å². The lowest BCUT2D eigenvalue weighted by Gasteiger charge is -2.29. The van der Waals surface area contributed by atoms with Gasteiger partial charge in [0.05, 0.1) is 16.1 Å². The molecule has 0 radical (unpaired) electrons. The van der Waals surface area contributed by atoms with E-state index in [2.05, 4.69) is 53.3 Å². The van der Waals surface area contributed by atoms with Gasteiger partial charge >= 0.3 is 18.1 Å². The Morgan fingerprint density at radius 1 is 1.06 bits per heavy atom. The molecule has 0 fully saturated rings. The van der Waals surface area contributed by atoms with E-state index in [1.165, 1.54) is 24.4 Å². The van der Waals surface area contributed by atoms with Crippen LogP contribution in [0.1, 0.15) is 38.1 Å². The summed E-state index contributed by atoms with van der Waals surface area (Å²) in [7, 11) is -3.92. The smallest absolute Gasteiger partial charge is 0.478 e. The van der Waals surface area contributed by atoms with Crippen LogP contribution in [0.4, 0.5) is 24.7 Å². The van der Waals surface area contributed by atoms with Gasteiger partial charge in [-0.2, -0.15) is 13.2 Å². The Bertz CT molecular complexity index is 1150. The lowest BCUT2D eigenvalue weighted by molar-refractivity contribution is -0.192. The number of carboxylic acids is 2. The first kappa shape index (κ1) is 31.2. The van der Waals surface area contributed by atoms with Crippen LogP contribution in [0, 0.1) is 11.8 Å². The van der Waals surface area contributed by atoms with E-state index in [1.807, 2.05) is 4.90 Å². The highest BCUT2D eigenvalue weighted by Gasteiger charge is 2.38. The molecule has 1 aromatic carbocycles. The Morgan fingerprint density at radius 2 is 1.53 bits per heavy atom. The Balaban J connectivity index is 0.000000809. The van der Waals surface area contributed by atoms with Crippen molar-refractivity contribution in [1.82, 2.24) is 4.98 Å². The highest BCUT2D eigenvalue weighted by Crippen LogP contribution is 2.29. The van der Waals surface area contributed by atoms with Gasteiger partial charge in [-0.1, -0.05) is 43.6 Å². The average molecular weight is 598 g/mol. The fourth-order valence-corrected chi connectivity index (χ4v) is 4.16. The SMILES string of the molecule is CC(C)CN(CC(C)C)c1ncc(C(=O)O)cc1NS(=O)(=O)c1ccc(Br)cc1.O=C(O)C(F)(F)F. The van der Waals surface area contributed by atoms with Crippen molar-refractivity contribution in [2.45, 2.75) is 38.8 Å². The number of halogens is 4. The third-order valence-electron chi connectivity index (χ3n) is 4.19. The molecule has 0 unspecified atom stereocenters. The number of aromatic carboxylic acids is 1. The number of hydrogen-bond acceptors (Lipinski definition) is 6. The summed E-state index contributed by atoms with van der Waals surface area (Å²) in [4.78, 5) is 26.7. The maximum atomic E-state index is 12.9. The van der Waals surface area contributed by atoms with Crippen LogP contribution in [0.2, 0.25) is 0 Å². The largest absolute Gasteiger partial charge is 0.490 e. The number of alkyl halides is 3. The Hall–Kier alpha value is -2.87. The number of carbonyl (C=O) groups is 2. The van der Waals surface area contributed by atoms with Gasteiger partial charge in [0.15, 0.2) is 5.82 Å². The van der Waals surface area contributed by atoms with E-state index in [9.17, 15) is 31.5 Å². The van der Waals surface area contributed by atoms with Gasteiger partial charge in [-0.15, -0.1) is 0 Å². The molecule has 0 aliphatic carbocycles. The van der Waals surface area contributed by atoms with E-state index in [0.29, 0.717) is 30.7 Å². The van der Waals surface area contributed by atoms with E-state index in [1.54, 1.807) is 12.1 Å². The minimum Gasteiger partial charge on any atom is -0.478 e. The lowest BCUT2D eigenvalue weighted by Crippen LogP contribution is -2.33. The third-order valence-corrected chi connectivity index (χ3v) is 6.11. The fraction of sp³-hybridized carbons (Fsp3) is 0.409. The number of nitrogens with one attached hydrogen (secondary N) is 1. The zero-order chi connectivity index (χ0) is 27.8. The number of carboxylic acid groups (broad SMARTS) is 2. The van der Waals surface area contributed by atoms with Gasteiger partial charge in [0.2, 0.25) is 0 Å². The van der Waals surface area contributed by atoms with Crippen molar-refractivity contribution in [1.29, 1.82) is 0 Å². The topological polar surface area (TPSA) is 137 Å². The van der Waals surface area contributed by atoms with Crippen LogP contribution >= 0.6 is 15.9 Å². The standard InChI is InChI=1S/C20H26BrN3O4S.C2HF3O2/c1-13(2)11-24(12-14(3)4)19-18(9-15(10-22-19)20(25)26)23-29(27,28)17-7-5-16(21)6-8-17;3-2(4,5)1(6)7/h5-10,13-14,23H,11-12H2,1-4H3,(H,25,26);(H,6,7). The quantitative estimate of drug-likeness (QED) is 0.363. The summed E-state index contributed by atoms with van der Waals surface area (Å²) in [6, 6.07) is 7.52. The first-order chi connectivity index (χ1) is 16.4. The number of anilines is 2. The molecule has 2 rings (SSSR count). The van der Waals surface area contributed by atoms with E-state index in [4.69, 9.17) is 9.90 Å². The predicted octanol–water partition coefficient (Wildman–Crippen LogP) is 5.09. The highest BCUT2D eigenvalue weighted by molar-refractivity contribution is 9.10. The molecule has 0 atom stereocenters. The molecule has 2 aromatic rings. The second kappa shape index (κ2) is 12.9. The van der Waals surface area contributed by atoms with Gasteiger partial charge in [0.25, 0.3) is 10.0 Å². The highest BCUT2D eigenvalue weighted by atomic mass is 79.9. The van der Waals surface area contributed by atoms with E-state index < -0.39 is 28.1 Å². The van der Waals surface area contributed by atoms with Crippen molar-refractivity contribution >= 4 is 49.4 Å². The molecule has 0 aliphatic rings. The Kier molecular flexibility index (Phi) is 11.2. The van der Waals surface area contributed by atoms with E-state index in [0.717, 1.165) is 4.47 Å². The van der Waals surface area contributed by atoms with Crippen LogP contribution in [0.15, 0.2) is 45.9 Å². The number of aliphatic carboxylic acids is 1. The van der Waals surface area contributed by atoms with E-state index in [-0.39, 0.29) is 16.1 Å². The molecule has 14 heteroatoms. The van der Waals surface area contributed by atoms with Gasteiger partial charge in [0, 0.05) is 23.8 Å². The molecule has 1 aromatic heterocycles. The molecule has 200 valence electrons. The lowest BCUT2D eigenvalue weighted by atomic mass is 10.1. The molecule has 1 heterocycles. The first-order valence-corrected chi connectivity index (χ1v) is 12.8. The molecule has 0 saturated heterocycles. The zero-order valence-corrected chi connectivity index (χ0v) is 22.3. The van der Waals surface area contributed by atoms with Gasteiger partial charge in [0.1, 0.15) is 0 Å². The summed E-state index contributed by atoms with van der Waals surface area (Å²) in [5.74, 6) is -2.89. The Morgan fingerprint density at radius 3 is 1.92 bits per heavy atom. The fourth-order valence-electron chi connectivity index (χ4n) is 2.85. The number of sulfonamides is 1. The molecular formula is C22H27BrF3N3O6S. The molecule has 9 nitrogen and oxygen atoms in total. The van der Waals surface area contributed by atoms with Crippen LogP contribution in [0.5, 0.6) is 0 Å². The predicted molar refractivity (Wildman–Crippen MR) is 132 cm³/mol. The number of pyridine rings is 1. The van der Waals surface area contributed by atoms with Gasteiger partial charge in [-0.3, -0.25) is 4.72 Å². The summed E-state index contributed by atoms with van der Waals surface area (Å²) >= 11 is 3.28. The number of rotatable bonds is 9. The van der Waals surface area contributed by atoms with Crippen LogP contribution in [0.3, 0.4) is 0 Å². The minimum absolute atomic E-state index is 0.0756. The van der Waals surface area contributed by atoms with Gasteiger partial charge < -0.3 is 15.1 Å². The van der Waals surface area contributed by atoms with E-state index >= 15 is 0 Å². The van der Waals surface area contributed by atoms with Crippen molar-refractivity contribution in [3.05, 3.63) is 46.6 Å². The van der Waals surface area contributed by atoms with Crippen molar-refractivity contribution < 1.29 is 41.4 Å². The van der Waals surface area contributed by atoms with Crippen molar-refractivity contribution in [3.8, 4) is 0 Å². The maximum Gasteiger partial charge on any atom is 0.490 e. The first-order valence-electron chi connectivity index (χ1n) is 10.5. The molecule has 0 aliphatic heterocycles. The van der Waals surface area contributed by atoms with Crippen molar-refractivity contribution in [2.75, 3.05) is 22.7 Å². The Labute approximate surface area is 215 Å². The summed E-state index contributed by atoms with van der Waals surface area (Å²) in [5, 5.41) is 16.5. The van der Waals surface area contributed by atoms with Crippen LogP contribution in [0.25, 0.3) is 0 Å². The summed E-state index contributed by atoms with van der Waals surface area (Å²) < 4.78 is 60.8. The monoisotopic (exact) mass is 597 g/mol. The minimum atomic E-state index is -5.08. The molecule has 0 saturated carbocycles. The average Bonchev–Trinajstić information content (AvgIpc) is 2.72. The number of hydrogen-bond donors (Lipinski definition) is 3. The molecule has 0 bridgehead atoms. The molecular weight excluding hydrogens is 571 g/mol. The maximum absolute atomic E-state index is 12.9. The second-order valence-corrected chi connectivity index (χ2v) is 11.1. The van der Waals surface area contributed by atoms with Crippen molar-refractivity contribution in [3.63, 3.8) is 0 Å². The summed E-state index contributed by atoms with van der Waals surface area (Å²) in [6.45, 7) is 9.56. The summed E-state index contributed by atoms with van der Waals surface area (Å²) in [6.07, 6.45) is -3.83. The van der Waals surface area contributed by atoms with Gasteiger partial charge in [-0.05, 0) is 42.2 Å². The van der Waals surface area contributed by atoms with Crippen LogP contribution < -0.4 is 9.62 Å². The molecule has 3 N–H and O–H groups in total. The number of nitrogens with zero attached hydrogens (tertiary/aromatic N) is 2. The molecule has 0 spiro atoms.